The molecule has 1 aliphatic heterocycles. The molecule has 3 fully saturated rings. The molecule has 3 aliphatic carbocycles. The maximum absolute atomic E-state index is 3.57. The summed E-state index contributed by atoms with van der Waals surface area (Å²) in [6.07, 6.45) is 10.2. The smallest absolute Gasteiger partial charge is 0.0329 e. The number of likely N-dealkylation sites (tertiary alicyclic amines) is 1. The first-order chi connectivity index (χ1) is 11.8. The minimum atomic E-state index is 0.454. The molecule has 2 saturated carbocycles. The van der Waals surface area contributed by atoms with Gasteiger partial charge in [0.1, 0.15) is 0 Å². The van der Waals surface area contributed by atoms with E-state index in [1.54, 1.807) is 17.5 Å². The van der Waals surface area contributed by atoms with Crippen LogP contribution in [-0.4, -0.2) is 31.6 Å². The van der Waals surface area contributed by atoms with Gasteiger partial charge in [0, 0.05) is 12.6 Å². The Bertz CT molecular complexity index is 602. The average molecular weight is 325 g/mol. The maximum Gasteiger partial charge on any atom is 0.0329 e. The highest BCUT2D eigenvalue weighted by Gasteiger charge is 2.46. The fraction of sp³-hybridized carbons (Fsp3) is 0.727. The number of piperidine rings is 1. The standard InChI is InChI=1S/C22H32N2/c1-23-21-14-22(20-5-3-2-4-19(20)21)8-10-24(11-9-22)15-18-13-16-6-7-17(18)12-16/h2-5,16-18,21,23H,6-15H2,1H3/t16-,17+,18+,21-/m0/s1. The van der Waals surface area contributed by atoms with E-state index in [2.05, 4.69) is 41.5 Å². The van der Waals surface area contributed by atoms with E-state index in [1.807, 2.05) is 0 Å². The second-order valence-electron chi connectivity index (χ2n) is 9.15. The molecule has 130 valence electrons. The average Bonchev–Trinajstić information content (AvgIpc) is 3.31. The van der Waals surface area contributed by atoms with E-state index in [1.165, 1.54) is 58.2 Å². The molecule has 1 spiro atoms. The van der Waals surface area contributed by atoms with Crippen LogP contribution in [0.2, 0.25) is 0 Å². The van der Waals surface area contributed by atoms with E-state index >= 15 is 0 Å². The molecule has 2 heteroatoms. The van der Waals surface area contributed by atoms with Crippen molar-refractivity contribution < 1.29 is 0 Å². The van der Waals surface area contributed by atoms with E-state index in [4.69, 9.17) is 0 Å². The van der Waals surface area contributed by atoms with Crippen LogP contribution in [0, 0.1) is 17.8 Å². The second kappa shape index (κ2) is 5.85. The SMILES string of the molecule is CN[C@H]1CC2(CCN(C[C@H]3C[C@H]4CC[C@@H]3C4)CC2)c2ccccc21. The van der Waals surface area contributed by atoms with Crippen molar-refractivity contribution in [1.82, 2.24) is 10.2 Å². The quantitative estimate of drug-likeness (QED) is 0.900. The van der Waals surface area contributed by atoms with Crippen LogP contribution in [0.15, 0.2) is 24.3 Å². The molecule has 2 nitrogen and oxygen atoms in total. The lowest BCUT2D eigenvalue weighted by atomic mass is 9.73. The fourth-order valence-electron chi connectivity index (χ4n) is 6.72. The van der Waals surface area contributed by atoms with Gasteiger partial charge in [-0.2, -0.15) is 0 Å². The Morgan fingerprint density at radius 1 is 1.12 bits per heavy atom. The zero-order valence-electron chi connectivity index (χ0n) is 15.1. The molecule has 0 amide bonds. The van der Waals surface area contributed by atoms with Crippen LogP contribution >= 0.6 is 0 Å². The normalized spacial score (nSPS) is 37.2. The molecule has 1 saturated heterocycles. The van der Waals surface area contributed by atoms with Gasteiger partial charge in [-0.25, -0.2) is 0 Å². The number of hydrogen-bond acceptors (Lipinski definition) is 2. The van der Waals surface area contributed by atoms with Crippen molar-refractivity contribution in [3.63, 3.8) is 0 Å². The van der Waals surface area contributed by atoms with Crippen molar-refractivity contribution in [2.75, 3.05) is 26.7 Å². The third-order valence-electron chi connectivity index (χ3n) is 8.04. The summed E-state index contributed by atoms with van der Waals surface area (Å²) in [6.45, 7) is 4.03. The lowest BCUT2D eigenvalue weighted by molar-refractivity contribution is 0.120. The Morgan fingerprint density at radius 3 is 2.67 bits per heavy atom. The third kappa shape index (κ3) is 2.37. The Labute approximate surface area is 147 Å². The second-order valence-corrected chi connectivity index (χ2v) is 9.15. The van der Waals surface area contributed by atoms with Crippen molar-refractivity contribution in [1.29, 1.82) is 0 Å². The van der Waals surface area contributed by atoms with Crippen molar-refractivity contribution in [3.05, 3.63) is 35.4 Å². The molecule has 2 bridgehead atoms. The molecule has 1 aromatic carbocycles. The van der Waals surface area contributed by atoms with Gasteiger partial charge in [-0.05, 0) is 93.0 Å². The Morgan fingerprint density at radius 2 is 1.96 bits per heavy atom. The fourth-order valence-corrected chi connectivity index (χ4v) is 6.72. The molecular weight excluding hydrogens is 292 g/mol. The van der Waals surface area contributed by atoms with Crippen molar-refractivity contribution in [2.24, 2.45) is 17.8 Å². The van der Waals surface area contributed by atoms with Crippen LogP contribution in [0.1, 0.15) is 62.1 Å². The minimum Gasteiger partial charge on any atom is -0.313 e. The van der Waals surface area contributed by atoms with Crippen molar-refractivity contribution in [3.8, 4) is 0 Å². The highest BCUT2D eigenvalue weighted by molar-refractivity contribution is 5.42. The Kier molecular flexibility index (Phi) is 3.75. The van der Waals surface area contributed by atoms with E-state index in [-0.39, 0.29) is 0 Å². The Hall–Kier alpha value is -0.860. The van der Waals surface area contributed by atoms with E-state index in [0.29, 0.717) is 11.5 Å². The molecule has 0 unspecified atom stereocenters. The highest BCUT2D eigenvalue weighted by atomic mass is 15.1. The van der Waals surface area contributed by atoms with Crippen LogP contribution in [-0.2, 0) is 5.41 Å². The minimum absolute atomic E-state index is 0.454. The maximum atomic E-state index is 3.57. The largest absolute Gasteiger partial charge is 0.313 e. The van der Waals surface area contributed by atoms with Crippen LogP contribution in [0.5, 0.6) is 0 Å². The van der Waals surface area contributed by atoms with E-state index < -0.39 is 0 Å². The van der Waals surface area contributed by atoms with Crippen LogP contribution in [0.4, 0.5) is 0 Å². The molecule has 1 aromatic rings. The molecule has 1 N–H and O–H groups in total. The van der Waals surface area contributed by atoms with Gasteiger partial charge in [0.05, 0.1) is 0 Å². The highest BCUT2D eigenvalue weighted by Crippen LogP contribution is 2.52. The van der Waals surface area contributed by atoms with Crippen molar-refractivity contribution in [2.45, 2.75) is 56.4 Å². The van der Waals surface area contributed by atoms with E-state index in [9.17, 15) is 0 Å². The summed E-state index contributed by atoms with van der Waals surface area (Å²) in [5, 5.41) is 3.57. The topological polar surface area (TPSA) is 15.3 Å². The van der Waals surface area contributed by atoms with Gasteiger partial charge in [0.2, 0.25) is 0 Å². The number of benzene rings is 1. The Balaban J connectivity index is 1.27. The molecule has 4 aliphatic rings. The van der Waals surface area contributed by atoms with Crippen molar-refractivity contribution >= 4 is 0 Å². The summed E-state index contributed by atoms with van der Waals surface area (Å²) < 4.78 is 0. The predicted octanol–water partition coefficient (Wildman–Crippen LogP) is 4.12. The molecule has 24 heavy (non-hydrogen) atoms. The number of nitrogens with one attached hydrogen (secondary N) is 1. The van der Waals surface area contributed by atoms with Gasteiger partial charge < -0.3 is 10.2 Å². The number of hydrogen-bond donors (Lipinski definition) is 1. The van der Waals surface area contributed by atoms with Gasteiger partial charge in [-0.3, -0.25) is 0 Å². The predicted molar refractivity (Wildman–Crippen MR) is 99.1 cm³/mol. The van der Waals surface area contributed by atoms with Crippen LogP contribution in [0.3, 0.4) is 0 Å². The first-order valence-electron chi connectivity index (χ1n) is 10.3. The van der Waals surface area contributed by atoms with Crippen LogP contribution < -0.4 is 5.32 Å². The molecule has 0 radical (unpaired) electrons. The summed E-state index contributed by atoms with van der Waals surface area (Å²) in [7, 11) is 2.13. The number of nitrogens with zero attached hydrogens (tertiary/aromatic N) is 1. The summed E-state index contributed by atoms with van der Waals surface area (Å²) in [5.41, 5.74) is 3.68. The molecule has 0 aromatic heterocycles. The third-order valence-corrected chi connectivity index (χ3v) is 8.04. The van der Waals surface area contributed by atoms with Gasteiger partial charge in [0.25, 0.3) is 0 Å². The summed E-state index contributed by atoms with van der Waals surface area (Å²) in [5.74, 6) is 3.19. The van der Waals surface area contributed by atoms with Gasteiger partial charge >= 0.3 is 0 Å². The summed E-state index contributed by atoms with van der Waals surface area (Å²) in [6, 6.07) is 9.80. The lowest BCUT2D eigenvalue weighted by Crippen LogP contribution is -2.44. The molecule has 5 rings (SSSR count). The summed E-state index contributed by atoms with van der Waals surface area (Å²) >= 11 is 0. The summed E-state index contributed by atoms with van der Waals surface area (Å²) in [4.78, 5) is 2.81. The monoisotopic (exact) mass is 324 g/mol. The number of fused-ring (bicyclic) bond motifs is 4. The van der Waals surface area contributed by atoms with Gasteiger partial charge in [0.15, 0.2) is 0 Å². The lowest BCUT2D eigenvalue weighted by Gasteiger charge is -2.42. The first kappa shape index (κ1) is 15.4. The molecule has 4 atom stereocenters. The number of rotatable bonds is 3. The zero-order chi connectivity index (χ0) is 16.1. The zero-order valence-corrected chi connectivity index (χ0v) is 15.1. The van der Waals surface area contributed by atoms with E-state index in [0.717, 1.165) is 17.8 Å². The molecule has 1 heterocycles. The van der Waals surface area contributed by atoms with Crippen LogP contribution in [0.25, 0.3) is 0 Å². The van der Waals surface area contributed by atoms with Gasteiger partial charge in [-0.1, -0.05) is 30.7 Å². The van der Waals surface area contributed by atoms with Gasteiger partial charge in [-0.15, -0.1) is 0 Å². The molecular formula is C22H32N2. The first-order valence-corrected chi connectivity index (χ1v) is 10.3.